The number of benzene rings is 2. The van der Waals surface area contributed by atoms with Crippen molar-refractivity contribution in [3.05, 3.63) is 75.8 Å². The van der Waals surface area contributed by atoms with E-state index in [-0.39, 0.29) is 11.7 Å². The molecule has 0 radical (unpaired) electrons. The van der Waals surface area contributed by atoms with Gasteiger partial charge in [-0.1, -0.05) is 12.1 Å². The van der Waals surface area contributed by atoms with Crippen LogP contribution in [0.3, 0.4) is 0 Å². The molecule has 1 fully saturated rings. The summed E-state index contributed by atoms with van der Waals surface area (Å²) < 4.78 is 12.3. The molecule has 0 aliphatic carbocycles. The van der Waals surface area contributed by atoms with E-state index in [1.54, 1.807) is 25.0 Å². The lowest BCUT2D eigenvalue weighted by molar-refractivity contribution is 0.0659. The lowest BCUT2D eigenvalue weighted by atomic mass is 9.99. The lowest BCUT2D eigenvalue weighted by Gasteiger charge is -2.35. The number of hydrogen-bond donors (Lipinski definition) is 2. The van der Waals surface area contributed by atoms with Crippen LogP contribution in [-0.2, 0) is 6.54 Å². The van der Waals surface area contributed by atoms with Crippen molar-refractivity contribution in [2.45, 2.75) is 31.5 Å². The minimum atomic E-state index is -0.467. The normalized spacial score (nSPS) is 15.9. The average molecular weight is 477 g/mol. The molecule has 182 valence electrons. The van der Waals surface area contributed by atoms with E-state index in [1.165, 1.54) is 0 Å². The summed E-state index contributed by atoms with van der Waals surface area (Å²) in [7, 11) is 3.23. The summed E-state index contributed by atoms with van der Waals surface area (Å²) in [6.45, 7) is 1.70. The number of piperidine rings is 1. The standard InChI is InChI=1S/C25H28N6O4/c1-34-19-6-3-16(4-7-19)15-31-24(27-28-29-31)23(30-11-9-18(32)10-12-30)21-13-17-5-8-20(35-2)14-22(17)26-25(21)33/h3-8,13-14,18,23,32H,9-12,15H2,1-2H3,(H,26,33)/t23-/m1/s1. The van der Waals surface area contributed by atoms with Crippen molar-refractivity contribution in [3.63, 3.8) is 0 Å². The number of rotatable bonds is 7. The van der Waals surface area contributed by atoms with Crippen molar-refractivity contribution in [2.75, 3.05) is 27.3 Å². The molecule has 10 heteroatoms. The van der Waals surface area contributed by atoms with Gasteiger partial charge in [0.1, 0.15) is 17.5 Å². The fourth-order valence-electron chi connectivity index (χ4n) is 4.59. The van der Waals surface area contributed by atoms with Gasteiger partial charge in [-0.15, -0.1) is 5.10 Å². The molecule has 0 bridgehead atoms. The molecule has 1 atom stereocenters. The first-order valence-corrected chi connectivity index (χ1v) is 11.6. The molecule has 3 heterocycles. The number of aromatic nitrogens is 5. The van der Waals surface area contributed by atoms with E-state index in [9.17, 15) is 9.90 Å². The van der Waals surface area contributed by atoms with Crippen LogP contribution in [-0.4, -0.2) is 68.6 Å². The zero-order valence-corrected chi connectivity index (χ0v) is 19.7. The van der Waals surface area contributed by atoms with Crippen LogP contribution in [0.4, 0.5) is 0 Å². The molecule has 1 aliphatic heterocycles. The highest BCUT2D eigenvalue weighted by molar-refractivity contribution is 5.80. The molecule has 5 rings (SSSR count). The Bertz CT molecular complexity index is 1360. The van der Waals surface area contributed by atoms with E-state index in [4.69, 9.17) is 9.47 Å². The Kier molecular flexibility index (Phi) is 6.47. The van der Waals surface area contributed by atoms with Gasteiger partial charge in [0.05, 0.1) is 32.4 Å². The smallest absolute Gasteiger partial charge is 0.253 e. The first-order valence-electron chi connectivity index (χ1n) is 11.6. The SMILES string of the molecule is COc1ccc(Cn2nnnc2[C@@H](c2cc3ccc(OC)cc3[nH]c2=O)N2CCC(O)CC2)cc1. The average Bonchev–Trinajstić information content (AvgIpc) is 3.33. The molecule has 4 aromatic rings. The summed E-state index contributed by atoms with van der Waals surface area (Å²) in [5.74, 6) is 2.02. The number of likely N-dealkylation sites (tertiary alicyclic amines) is 1. The van der Waals surface area contributed by atoms with Crippen molar-refractivity contribution in [1.82, 2.24) is 30.1 Å². The van der Waals surface area contributed by atoms with Gasteiger partial charge in [0.25, 0.3) is 5.56 Å². The number of fused-ring (bicyclic) bond motifs is 1. The van der Waals surface area contributed by atoms with E-state index >= 15 is 0 Å². The first-order chi connectivity index (χ1) is 17.1. The molecule has 2 N–H and O–H groups in total. The maximum atomic E-state index is 13.4. The number of nitrogens with one attached hydrogen (secondary N) is 1. The molecule has 1 aliphatic rings. The van der Waals surface area contributed by atoms with Gasteiger partial charge in [-0.2, -0.15) is 0 Å². The number of methoxy groups -OCH3 is 2. The van der Waals surface area contributed by atoms with Crippen LogP contribution in [0.15, 0.2) is 53.3 Å². The van der Waals surface area contributed by atoms with Gasteiger partial charge in [-0.05, 0) is 64.5 Å². The lowest BCUT2D eigenvalue weighted by Crippen LogP contribution is -2.41. The summed E-state index contributed by atoms with van der Waals surface area (Å²) in [5, 5.41) is 23.5. The van der Waals surface area contributed by atoms with E-state index < -0.39 is 6.04 Å². The Morgan fingerprint density at radius 3 is 2.49 bits per heavy atom. The quantitative estimate of drug-likeness (QED) is 0.417. The largest absolute Gasteiger partial charge is 0.497 e. The van der Waals surface area contributed by atoms with E-state index in [1.807, 2.05) is 42.5 Å². The zero-order chi connectivity index (χ0) is 24.4. The van der Waals surface area contributed by atoms with Crippen molar-refractivity contribution in [2.24, 2.45) is 0 Å². The summed E-state index contributed by atoms with van der Waals surface area (Å²) in [6, 6.07) is 14.7. The zero-order valence-electron chi connectivity index (χ0n) is 19.7. The fraction of sp³-hybridized carbons (Fsp3) is 0.360. The highest BCUT2D eigenvalue weighted by Crippen LogP contribution is 2.30. The number of aliphatic hydroxyl groups excluding tert-OH is 1. The summed E-state index contributed by atoms with van der Waals surface area (Å²) >= 11 is 0. The third-order valence-corrected chi connectivity index (χ3v) is 6.54. The number of pyridine rings is 1. The maximum Gasteiger partial charge on any atom is 0.253 e. The third kappa shape index (κ3) is 4.75. The maximum absolute atomic E-state index is 13.4. The number of aromatic amines is 1. The summed E-state index contributed by atoms with van der Waals surface area (Å²) in [5.41, 5.74) is 2.06. The molecule has 2 aromatic heterocycles. The minimum absolute atomic E-state index is 0.208. The van der Waals surface area contributed by atoms with Gasteiger partial charge in [0.15, 0.2) is 5.82 Å². The summed E-state index contributed by atoms with van der Waals surface area (Å²) in [4.78, 5) is 18.5. The highest BCUT2D eigenvalue weighted by atomic mass is 16.5. The van der Waals surface area contributed by atoms with Crippen LogP contribution in [0, 0.1) is 0 Å². The fourth-order valence-corrected chi connectivity index (χ4v) is 4.59. The molecule has 0 spiro atoms. The summed E-state index contributed by atoms with van der Waals surface area (Å²) in [6.07, 6.45) is 0.905. The van der Waals surface area contributed by atoms with Crippen LogP contribution in [0.25, 0.3) is 10.9 Å². The van der Waals surface area contributed by atoms with Gasteiger partial charge in [-0.3, -0.25) is 9.69 Å². The number of nitrogens with zero attached hydrogens (tertiary/aromatic N) is 5. The Hall–Kier alpha value is -3.76. The Labute approximate surface area is 202 Å². The third-order valence-electron chi connectivity index (χ3n) is 6.54. The minimum Gasteiger partial charge on any atom is -0.497 e. The second-order valence-corrected chi connectivity index (χ2v) is 8.72. The second-order valence-electron chi connectivity index (χ2n) is 8.72. The number of H-pyrrole nitrogens is 1. The van der Waals surface area contributed by atoms with Crippen LogP contribution in [0.5, 0.6) is 11.5 Å². The second kappa shape index (κ2) is 9.85. The number of hydrogen-bond acceptors (Lipinski definition) is 8. The van der Waals surface area contributed by atoms with Gasteiger partial charge < -0.3 is 19.6 Å². The molecule has 35 heavy (non-hydrogen) atoms. The van der Waals surface area contributed by atoms with Crippen molar-refractivity contribution < 1.29 is 14.6 Å². The molecule has 0 saturated carbocycles. The van der Waals surface area contributed by atoms with Gasteiger partial charge >= 0.3 is 0 Å². The van der Waals surface area contributed by atoms with Gasteiger partial charge in [-0.25, -0.2) is 4.68 Å². The number of aliphatic hydroxyl groups is 1. The molecule has 0 amide bonds. The Morgan fingerprint density at radius 1 is 1.06 bits per heavy atom. The highest BCUT2D eigenvalue weighted by Gasteiger charge is 2.32. The van der Waals surface area contributed by atoms with Crippen LogP contribution in [0.1, 0.15) is 35.8 Å². The molecule has 2 aromatic carbocycles. The van der Waals surface area contributed by atoms with Gasteiger partial charge in [0.2, 0.25) is 0 Å². The van der Waals surface area contributed by atoms with Crippen molar-refractivity contribution in [3.8, 4) is 11.5 Å². The van der Waals surface area contributed by atoms with Crippen LogP contribution >= 0.6 is 0 Å². The predicted octanol–water partition coefficient (Wildman–Crippen LogP) is 2.13. The molecule has 10 nitrogen and oxygen atoms in total. The number of tetrazole rings is 1. The number of ether oxygens (including phenoxy) is 2. The predicted molar refractivity (Wildman–Crippen MR) is 130 cm³/mol. The Balaban J connectivity index is 1.57. The van der Waals surface area contributed by atoms with E-state index in [0.717, 1.165) is 16.7 Å². The van der Waals surface area contributed by atoms with Gasteiger partial charge in [0, 0.05) is 24.7 Å². The Morgan fingerprint density at radius 2 is 1.77 bits per heavy atom. The monoisotopic (exact) mass is 476 g/mol. The van der Waals surface area contributed by atoms with Crippen LogP contribution in [0.2, 0.25) is 0 Å². The van der Waals surface area contributed by atoms with Crippen molar-refractivity contribution in [1.29, 1.82) is 0 Å². The molecule has 0 unspecified atom stereocenters. The molecular weight excluding hydrogens is 448 g/mol. The van der Waals surface area contributed by atoms with Crippen LogP contribution < -0.4 is 15.0 Å². The first kappa shape index (κ1) is 23.0. The molecule has 1 saturated heterocycles. The van der Waals surface area contributed by atoms with E-state index in [2.05, 4.69) is 25.4 Å². The van der Waals surface area contributed by atoms with E-state index in [0.29, 0.717) is 55.1 Å². The molecular formula is C25H28N6O4. The topological polar surface area (TPSA) is 118 Å². The van der Waals surface area contributed by atoms with Crippen molar-refractivity contribution >= 4 is 10.9 Å².